The highest BCUT2D eigenvalue weighted by Gasteiger charge is 2.29. The van der Waals surface area contributed by atoms with Crippen LogP contribution in [0.2, 0.25) is 0 Å². The molecule has 0 aliphatic carbocycles. The summed E-state index contributed by atoms with van der Waals surface area (Å²) in [7, 11) is 0. The molecule has 0 spiro atoms. The molecule has 1 aliphatic rings. The van der Waals surface area contributed by atoms with Crippen molar-refractivity contribution in [1.82, 2.24) is 10.1 Å². The summed E-state index contributed by atoms with van der Waals surface area (Å²) in [6.07, 6.45) is 4.52. The third kappa shape index (κ3) is 3.22. The number of hydrogen-bond acceptors (Lipinski definition) is 3. The molecule has 0 saturated carbocycles. The van der Waals surface area contributed by atoms with Gasteiger partial charge >= 0.3 is 0 Å². The lowest BCUT2D eigenvalue weighted by atomic mass is 9.80. The van der Waals surface area contributed by atoms with Crippen molar-refractivity contribution in [2.24, 2.45) is 5.41 Å². The van der Waals surface area contributed by atoms with Crippen LogP contribution in [-0.4, -0.2) is 29.1 Å². The molecule has 2 rings (SSSR count). The van der Waals surface area contributed by atoms with Crippen molar-refractivity contribution >= 4 is 5.91 Å². The smallest absolute Gasteiger partial charge is 0.276 e. The summed E-state index contributed by atoms with van der Waals surface area (Å²) < 4.78 is 5.23. The first-order valence-electron chi connectivity index (χ1n) is 7.71. The lowest BCUT2D eigenvalue weighted by Crippen LogP contribution is -2.32. The van der Waals surface area contributed by atoms with Crippen molar-refractivity contribution in [3.05, 3.63) is 17.5 Å². The van der Waals surface area contributed by atoms with Gasteiger partial charge in [-0.3, -0.25) is 4.79 Å². The molecule has 1 aromatic rings. The van der Waals surface area contributed by atoms with Crippen LogP contribution < -0.4 is 0 Å². The van der Waals surface area contributed by atoms with Gasteiger partial charge < -0.3 is 9.42 Å². The van der Waals surface area contributed by atoms with E-state index in [2.05, 4.69) is 19.0 Å². The molecular formula is C16H26N2O2. The highest BCUT2D eigenvalue weighted by Crippen LogP contribution is 2.34. The van der Waals surface area contributed by atoms with Gasteiger partial charge in [0.25, 0.3) is 5.91 Å². The Kier molecular flexibility index (Phi) is 4.51. The van der Waals surface area contributed by atoms with Crippen LogP contribution in [0.3, 0.4) is 0 Å². The van der Waals surface area contributed by atoms with Crippen LogP contribution >= 0.6 is 0 Å². The first-order valence-corrected chi connectivity index (χ1v) is 7.71. The van der Waals surface area contributed by atoms with Gasteiger partial charge in [-0.15, -0.1) is 0 Å². The summed E-state index contributed by atoms with van der Waals surface area (Å²) in [6.45, 7) is 10.3. The quantitative estimate of drug-likeness (QED) is 0.844. The topological polar surface area (TPSA) is 46.3 Å². The molecule has 1 atom stereocenters. The Labute approximate surface area is 121 Å². The summed E-state index contributed by atoms with van der Waals surface area (Å²) in [5.41, 5.74) is 0.830. The van der Waals surface area contributed by atoms with Crippen LogP contribution in [0.4, 0.5) is 0 Å². The van der Waals surface area contributed by atoms with E-state index in [9.17, 15) is 4.79 Å². The maximum absolute atomic E-state index is 12.5. The number of hydrogen-bond donors (Lipinski definition) is 0. The third-order valence-corrected chi connectivity index (χ3v) is 4.65. The Bertz CT molecular complexity index is 467. The highest BCUT2D eigenvalue weighted by atomic mass is 16.5. The molecule has 1 fully saturated rings. The van der Waals surface area contributed by atoms with Gasteiger partial charge in [0.1, 0.15) is 5.76 Å². The van der Waals surface area contributed by atoms with Gasteiger partial charge in [-0.05, 0) is 24.7 Å². The monoisotopic (exact) mass is 278 g/mol. The molecule has 1 aliphatic heterocycles. The number of amides is 1. The lowest BCUT2D eigenvalue weighted by Gasteiger charge is -2.26. The molecule has 0 N–H and O–H groups in total. The summed E-state index contributed by atoms with van der Waals surface area (Å²) >= 11 is 0. The molecule has 4 nitrogen and oxygen atoms in total. The molecule has 1 aromatic heterocycles. The Hall–Kier alpha value is -1.32. The number of carbonyl (C=O) groups is 1. The molecule has 0 bridgehead atoms. The van der Waals surface area contributed by atoms with E-state index in [1.54, 1.807) is 6.07 Å². The molecule has 0 unspecified atom stereocenters. The van der Waals surface area contributed by atoms with E-state index in [-0.39, 0.29) is 11.8 Å². The predicted octanol–water partition coefficient (Wildman–Crippen LogP) is 3.84. The minimum absolute atomic E-state index is 0.0148. The Balaban J connectivity index is 2.05. The maximum atomic E-state index is 12.5. The number of carbonyl (C=O) groups excluding carboxylic acids is 1. The van der Waals surface area contributed by atoms with Gasteiger partial charge in [-0.1, -0.05) is 39.3 Å². The van der Waals surface area contributed by atoms with Crippen molar-refractivity contribution < 1.29 is 9.32 Å². The fourth-order valence-corrected chi connectivity index (χ4v) is 2.72. The highest BCUT2D eigenvalue weighted by molar-refractivity contribution is 5.92. The zero-order chi connectivity index (χ0) is 14.8. The molecule has 1 saturated heterocycles. The molecule has 112 valence electrons. The summed E-state index contributed by atoms with van der Waals surface area (Å²) in [5, 5.41) is 3.93. The second kappa shape index (κ2) is 5.98. The first-order chi connectivity index (χ1) is 9.45. The fraction of sp³-hybridized carbons (Fsp3) is 0.750. The minimum atomic E-state index is 0.0148. The van der Waals surface area contributed by atoms with Gasteiger partial charge in [0.05, 0.1) is 0 Å². The number of nitrogens with zero attached hydrogens (tertiary/aromatic N) is 2. The molecule has 0 radical (unpaired) electrons. The van der Waals surface area contributed by atoms with Crippen LogP contribution in [0.5, 0.6) is 0 Å². The van der Waals surface area contributed by atoms with Crippen LogP contribution in [0.25, 0.3) is 0 Å². The van der Waals surface area contributed by atoms with Crippen LogP contribution in [0, 0.1) is 5.41 Å². The van der Waals surface area contributed by atoms with Crippen molar-refractivity contribution in [2.75, 3.05) is 13.1 Å². The molecular weight excluding hydrogens is 252 g/mol. The number of aromatic nitrogens is 1. The van der Waals surface area contributed by atoms with Gasteiger partial charge in [-0.2, -0.15) is 0 Å². The summed E-state index contributed by atoms with van der Waals surface area (Å²) in [5.74, 6) is 1.05. The number of rotatable bonds is 3. The average Bonchev–Trinajstić information content (AvgIpc) is 2.83. The van der Waals surface area contributed by atoms with Crippen molar-refractivity contribution in [1.29, 1.82) is 0 Å². The SMILES string of the molecule is CC[C@@]1(C)CCCN(C(=O)c2cc(C(C)C)on2)CC1. The molecule has 0 aromatic carbocycles. The lowest BCUT2D eigenvalue weighted by molar-refractivity contribution is 0.0745. The molecule has 4 heteroatoms. The van der Waals surface area contributed by atoms with E-state index in [0.717, 1.165) is 31.7 Å². The third-order valence-electron chi connectivity index (χ3n) is 4.65. The Morgan fingerprint density at radius 2 is 2.20 bits per heavy atom. The largest absolute Gasteiger partial charge is 0.360 e. The second-order valence-electron chi connectivity index (χ2n) is 6.58. The summed E-state index contributed by atoms with van der Waals surface area (Å²) in [6, 6.07) is 1.79. The van der Waals surface area contributed by atoms with Crippen LogP contribution in [0.15, 0.2) is 10.6 Å². The van der Waals surface area contributed by atoms with E-state index in [0.29, 0.717) is 11.1 Å². The van der Waals surface area contributed by atoms with Crippen LogP contribution in [-0.2, 0) is 0 Å². The standard InChI is InChI=1S/C16H26N2O2/c1-5-16(4)7-6-9-18(10-8-16)15(19)13-11-14(12(2)3)20-17-13/h11-12H,5-10H2,1-4H3/t16-/m0/s1. The van der Waals surface area contributed by atoms with E-state index in [4.69, 9.17) is 4.52 Å². The van der Waals surface area contributed by atoms with Gasteiger partial charge in [0.2, 0.25) is 0 Å². The fourth-order valence-electron chi connectivity index (χ4n) is 2.72. The number of likely N-dealkylation sites (tertiary alicyclic amines) is 1. The maximum Gasteiger partial charge on any atom is 0.276 e. The average molecular weight is 278 g/mol. The van der Waals surface area contributed by atoms with E-state index in [1.165, 1.54) is 12.8 Å². The Morgan fingerprint density at radius 1 is 1.45 bits per heavy atom. The van der Waals surface area contributed by atoms with Gasteiger partial charge in [-0.25, -0.2) is 0 Å². The second-order valence-corrected chi connectivity index (χ2v) is 6.58. The van der Waals surface area contributed by atoms with Gasteiger partial charge in [0.15, 0.2) is 5.69 Å². The van der Waals surface area contributed by atoms with E-state index in [1.807, 2.05) is 18.7 Å². The van der Waals surface area contributed by atoms with E-state index >= 15 is 0 Å². The van der Waals surface area contributed by atoms with Crippen molar-refractivity contribution in [2.45, 2.75) is 59.3 Å². The summed E-state index contributed by atoms with van der Waals surface area (Å²) in [4.78, 5) is 14.4. The molecule has 20 heavy (non-hydrogen) atoms. The van der Waals surface area contributed by atoms with Crippen molar-refractivity contribution in [3.8, 4) is 0 Å². The normalized spacial score (nSPS) is 23.9. The first kappa shape index (κ1) is 15.1. The van der Waals surface area contributed by atoms with Crippen LogP contribution in [0.1, 0.15) is 75.5 Å². The van der Waals surface area contributed by atoms with Gasteiger partial charge in [0, 0.05) is 25.1 Å². The molecule has 2 heterocycles. The minimum Gasteiger partial charge on any atom is -0.360 e. The van der Waals surface area contributed by atoms with Crippen molar-refractivity contribution in [3.63, 3.8) is 0 Å². The zero-order valence-electron chi connectivity index (χ0n) is 13.1. The zero-order valence-corrected chi connectivity index (χ0v) is 13.1. The molecule has 1 amide bonds. The predicted molar refractivity (Wildman–Crippen MR) is 78.7 cm³/mol. The van der Waals surface area contributed by atoms with E-state index < -0.39 is 0 Å². The Morgan fingerprint density at radius 3 is 2.80 bits per heavy atom.